The normalized spacial score (nSPS) is 50.6. The summed E-state index contributed by atoms with van der Waals surface area (Å²) in [4.78, 5) is 42.2. The van der Waals surface area contributed by atoms with Crippen LogP contribution in [0.4, 0.5) is 0 Å². The molecule has 8 nitrogen and oxygen atoms in total. The van der Waals surface area contributed by atoms with Crippen LogP contribution >= 0.6 is 0 Å². The number of carboxylic acids is 1. The maximum Gasteiger partial charge on any atom is 0.309 e. The zero-order valence-electron chi connectivity index (χ0n) is 29.6. The Balaban J connectivity index is 0.927. The molecule has 0 radical (unpaired) electrons. The van der Waals surface area contributed by atoms with Crippen LogP contribution in [0.2, 0.25) is 0 Å². The van der Waals surface area contributed by atoms with E-state index < -0.39 is 11.1 Å². The number of hydrogen-bond donors (Lipinski definition) is 1. The van der Waals surface area contributed by atoms with Gasteiger partial charge in [-0.15, -0.1) is 10.1 Å². The van der Waals surface area contributed by atoms with Gasteiger partial charge in [-0.2, -0.15) is 0 Å². The van der Waals surface area contributed by atoms with E-state index in [-0.39, 0.29) is 51.7 Å². The van der Waals surface area contributed by atoms with E-state index in [0.29, 0.717) is 41.9 Å². The van der Waals surface area contributed by atoms with Crippen molar-refractivity contribution in [2.75, 3.05) is 0 Å². The average molecular weight is 664 g/mol. The molecular formula is C40H57NO7. The molecule has 0 aromatic heterocycles. The molecule has 0 aromatic carbocycles. The monoisotopic (exact) mass is 663 g/mol. The summed E-state index contributed by atoms with van der Waals surface area (Å²) in [6.07, 6.45) is 19.9. The maximum atomic E-state index is 14.1. The van der Waals surface area contributed by atoms with Gasteiger partial charge in [0, 0.05) is 6.42 Å². The largest absolute Gasteiger partial charge is 0.481 e. The van der Waals surface area contributed by atoms with Crippen molar-refractivity contribution in [2.24, 2.45) is 69.0 Å². The molecule has 8 aliphatic rings. The Kier molecular flexibility index (Phi) is 7.73. The quantitative estimate of drug-likeness (QED) is 0.135. The van der Waals surface area contributed by atoms with Gasteiger partial charge in [0.15, 0.2) is 0 Å². The predicted molar refractivity (Wildman–Crippen MR) is 180 cm³/mol. The van der Waals surface area contributed by atoms with Gasteiger partial charge in [0.25, 0.3) is 5.09 Å². The van der Waals surface area contributed by atoms with Gasteiger partial charge < -0.3 is 14.7 Å². The summed E-state index contributed by atoms with van der Waals surface area (Å²) in [6, 6.07) is 0. The second kappa shape index (κ2) is 11.3. The highest BCUT2D eigenvalue weighted by Gasteiger charge is 2.62. The molecule has 0 unspecified atom stereocenters. The standard InChI is InChI=1S/C40H57NO7/c1-37-17-13-25(21-23(37)5-7-27-29-9-11-33(35(42)43)39(29,3)19-15-31(27)37)47-36(44)34-12-10-30-28-8-6-24-22-26(48-41(45)46)14-18-38(24,2)32(28)16-20-40(30,34)4/h5-6,25-34H,7-22H2,1-4H3,(H,42,43)/t25-,26-,27-,28-,29-,30-,31-,32-,33+,34+,37-,38-,39-,40-/m0/s1. The lowest BCUT2D eigenvalue weighted by molar-refractivity contribution is -0.769. The number of aliphatic carboxylic acids is 1. The second-order valence-corrected chi connectivity index (χ2v) is 18.7. The number of nitrogens with zero attached hydrogens (tertiary/aromatic N) is 1. The van der Waals surface area contributed by atoms with E-state index in [1.165, 1.54) is 11.1 Å². The smallest absolute Gasteiger partial charge is 0.309 e. The molecule has 1 N–H and O–H groups in total. The van der Waals surface area contributed by atoms with Gasteiger partial charge >= 0.3 is 11.9 Å². The Hall–Kier alpha value is -2.38. The molecule has 14 atom stereocenters. The summed E-state index contributed by atoms with van der Waals surface area (Å²) in [6.45, 7) is 9.51. The minimum Gasteiger partial charge on any atom is -0.481 e. The second-order valence-electron chi connectivity index (χ2n) is 18.7. The van der Waals surface area contributed by atoms with Crippen molar-refractivity contribution in [2.45, 2.75) is 143 Å². The van der Waals surface area contributed by atoms with E-state index in [0.717, 1.165) is 96.3 Å². The van der Waals surface area contributed by atoms with Crippen molar-refractivity contribution in [1.29, 1.82) is 0 Å². The molecule has 48 heavy (non-hydrogen) atoms. The Labute approximate surface area is 285 Å². The highest BCUT2D eigenvalue weighted by atomic mass is 17.0. The Bertz CT molecular complexity index is 1440. The molecule has 8 rings (SSSR count). The van der Waals surface area contributed by atoms with Gasteiger partial charge in [0.05, 0.1) is 11.8 Å². The van der Waals surface area contributed by atoms with E-state index in [1.54, 1.807) is 0 Å². The Morgan fingerprint density at radius 3 is 1.75 bits per heavy atom. The highest BCUT2D eigenvalue weighted by Crippen LogP contribution is 2.68. The molecular weight excluding hydrogens is 606 g/mol. The molecule has 8 aliphatic carbocycles. The fraction of sp³-hybridized carbons (Fsp3) is 0.850. The molecule has 6 fully saturated rings. The number of allylic oxidation sites excluding steroid dienone is 2. The minimum absolute atomic E-state index is 0.0315. The van der Waals surface area contributed by atoms with Crippen LogP contribution in [0.25, 0.3) is 0 Å². The van der Waals surface area contributed by atoms with Crippen molar-refractivity contribution in [3.05, 3.63) is 33.4 Å². The van der Waals surface area contributed by atoms with Gasteiger partial charge in [-0.1, -0.05) is 51.0 Å². The van der Waals surface area contributed by atoms with Crippen molar-refractivity contribution in [3.8, 4) is 0 Å². The third kappa shape index (κ3) is 4.72. The van der Waals surface area contributed by atoms with Gasteiger partial charge in [-0.05, 0) is 153 Å². The molecule has 0 aromatic rings. The number of esters is 1. The first-order chi connectivity index (χ1) is 22.8. The van der Waals surface area contributed by atoms with Crippen LogP contribution in [-0.2, 0) is 19.2 Å². The van der Waals surface area contributed by atoms with Crippen LogP contribution in [-0.4, -0.2) is 34.3 Å². The molecule has 0 heterocycles. The first-order valence-electron chi connectivity index (χ1n) is 19.4. The zero-order valence-corrected chi connectivity index (χ0v) is 29.6. The number of hydrogen-bond acceptors (Lipinski definition) is 6. The Morgan fingerprint density at radius 2 is 1.21 bits per heavy atom. The first-order valence-corrected chi connectivity index (χ1v) is 19.4. The predicted octanol–water partition coefficient (Wildman–Crippen LogP) is 8.72. The van der Waals surface area contributed by atoms with E-state index in [4.69, 9.17) is 9.57 Å². The summed E-state index contributed by atoms with van der Waals surface area (Å²) in [5, 5.41) is 20.4. The molecule has 264 valence electrons. The molecule has 0 aliphatic heterocycles. The maximum absolute atomic E-state index is 14.1. The van der Waals surface area contributed by atoms with Crippen LogP contribution in [0.1, 0.15) is 130 Å². The summed E-state index contributed by atoms with van der Waals surface area (Å²) in [5.41, 5.74) is 2.97. The van der Waals surface area contributed by atoms with E-state index in [2.05, 4.69) is 39.8 Å². The van der Waals surface area contributed by atoms with E-state index in [9.17, 15) is 24.8 Å². The summed E-state index contributed by atoms with van der Waals surface area (Å²) >= 11 is 0. The Morgan fingerprint density at radius 1 is 0.708 bits per heavy atom. The van der Waals surface area contributed by atoms with Gasteiger partial charge in [-0.25, -0.2) is 0 Å². The fourth-order valence-electron chi connectivity index (χ4n) is 14.6. The van der Waals surface area contributed by atoms with Crippen molar-refractivity contribution < 1.29 is 29.4 Å². The van der Waals surface area contributed by atoms with Crippen molar-refractivity contribution in [3.63, 3.8) is 0 Å². The van der Waals surface area contributed by atoms with Gasteiger partial charge in [-0.3, -0.25) is 9.59 Å². The van der Waals surface area contributed by atoms with Crippen LogP contribution in [0.15, 0.2) is 23.3 Å². The van der Waals surface area contributed by atoms with Crippen LogP contribution in [0.3, 0.4) is 0 Å². The zero-order chi connectivity index (χ0) is 33.8. The van der Waals surface area contributed by atoms with Gasteiger partial charge in [0.1, 0.15) is 12.2 Å². The van der Waals surface area contributed by atoms with Crippen LogP contribution < -0.4 is 0 Å². The summed E-state index contributed by atoms with van der Waals surface area (Å²) < 4.78 is 6.50. The average Bonchev–Trinajstić information content (AvgIpc) is 3.58. The van der Waals surface area contributed by atoms with Gasteiger partial charge in [0.2, 0.25) is 0 Å². The van der Waals surface area contributed by atoms with Crippen molar-refractivity contribution in [1.82, 2.24) is 0 Å². The number of rotatable bonds is 5. The molecule has 0 bridgehead atoms. The first kappa shape index (κ1) is 32.8. The highest BCUT2D eigenvalue weighted by molar-refractivity contribution is 5.74. The molecule has 8 heteroatoms. The number of carboxylic acid groups (broad SMARTS) is 1. The fourth-order valence-corrected chi connectivity index (χ4v) is 14.6. The lowest BCUT2D eigenvalue weighted by atomic mass is 9.47. The number of fused-ring (bicyclic) bond motifs is 10. The molecule has 6 saturated carbocycles. The van der Waals surface area contributed by atoms with E-state index >= 15 is 0 Å². The molecule has 0 spiro atoms. The topological polar surface area (TPSA) is 116 Å². The molecule has 0 amide bonds. The SMILES string of the molecule is C[C@]12CC[C@H]3[C@@H](CC=C4C[C@@H](OC(=O)[C@H]5CC[C@H]6[C@@H]7CC=C8C[C@@H](O[N+](=O)[O-])CC[C@]8(C)[C@H]7CC[C@]56C)CC[C@@]43C)[C@@H]1CC[C@@H]2C(=O)O. The third-order valence-corrected chi connectivity index (χ3v) is 17.2. The van der Waals surface area contributed by atoms with Crippen LogP contribution in [0, 0.1) is 79.1 Å². The summed E-state index contributed by atoms with van der Waals surface area (Å²) in [5.74, 6) is 2.52. The number of ether oxygens (including phenoxy) is 1. The number of carbonyl (C=O) groups excluding carboxylic acids is 1. The number of carbonyl (C=O) groups is 2. The minimum atomic E-state index is -0.628. The third-order valence-electron chi connectivity index (χ3n) is 17.2. The summed E-state index contributed by atoms with van der Waals surface area (Å²) in [7, 11) is 0. The van der Waals surface area contributed by atoms with Crippen molar-refractivity contribution >= 4 is 11.9 Å². The lowest BCUT2D eigenvalue weighted by Crippen LogP contribution is -2.52. The van der Waals surface area contributed by atoms with E-state index in [1.807, 2.05) is 0 Å². The van der Waals surface area contributed by atoms with Crippen LogP contribution in [0.5, 0.6) is 0 Å². The molecule has 0 saturated heterocycles. The lowest BCUT2D eigenvalue weighted by Gasteiger charge is -2.58.